The molecule has 0 spiro atoms. The lowest BCUT2D eigenvalue weighted by molar-refractivity contribution is -0.257. The van der Waals surface area contributed by atoms with Crippen molar-refractivity contribution in [2.24, 2.45) is 16.2 Å². The quantitative estimate of drug-likeness (QED) is 0.155. The molecular weight excluding hydrogens is 434 g/mol. The summed E-state index contributed by atoms with van der Waals surface area (Å²) in [5, 5.41) is 0. The Kier molecular flexibility index (Phi) is 12.4. The molecule has 1 atom stereocenters. The van der Waals surface area contributed by atoms with Gasteiger partial charge in [-0.1, -0.05) is 60.8 Å². The van der Waals surface area contributed by atoms with Crippen molar-refractivity contribution in [1.29, 1.82) is 0 Å². The standard InChI is InChI=1S/C35H51N/c1-11-21-31-32(22-12-2,23-13-3)33(24-14-4,25-15-5)34(26-16-6,27-17-7)35(28-18-8,29-19-9)36(31)30-20-10/h11-20,31H,1-10,21-30H2. The zero-order valence-corrected chi connectivity index (χ0v) is 22.9. The number of likely N-dealkylation sites (tertiary alicyclic amines) is 1. The molecule has 0 aliphatic carbocycles. The fraction of sp³-hybridized carbons (Fsp3) is 0.429. The largest absolute Gasteiger partial charge is 0.289 e. The van der Waals surface area contributed by atoms with E-state index in [1.807, 2.05) is 6.08 Å². The van der Waals surface area contributed by atoms with Gasteiger partial charge in [0.2, 0.25) is 0 Å². The molecule has 1 aliphatic rings. The summed E-state index contributed by atoms with van der Waals surface area (Å²) < 4.78 is 0. The highest BCUT2D eigenvalue weighted by Gasteiger charge is 2.73. The van der Waals surface area contributed by atoms with Gasteiger partial charge in [-0.3, -0.25) is 4.90 Å². The highest BCUT2D eigenvalue weighted by atomic mass is 15.3. The molecule has 0 aromatic rings. The molecule has 0 bridgehead atoms. The molecule has 1 fully saturated rings. The van der Waals surface area contributed by atoms with Crippen LogP contribution in [0.15, 0.2) is 127 Å². The van der Waals surface area contributed by atoms with E-state index in [2.05, 4.69) is 125 Å². The summed E-state index contributed by atoms with van der Waals surface area (Å²) in [7, 11) is 0. The lowest BCUT2D eigenvalue weighted by Crippen LogP contribution is -2.79. The van der Waals surface area contributed by atoms with Crippen molar-refractivity contribution in [3.05, 3.63) is 127 Å². The highest BCUT2D eigenvalue weighted by Crippen LogP contribution is 2.74. The summed E-state index contributed by atoms with van der Waals surface area (Å²) >= 11 is 0. The van der Waals surface area contributed by atoms with Gasteiger partial charge < -0.3 is 0 Å². The second-order valence-corrected chi connectivity index (χ2v) is 10.3. The zero-order chi connectivity index (χ0) is 27.3. The highest BCUT2D eigenvalue weighted by molar-refractivity contribution is 5.32. The SMILES string of the molecule is C=CCC1N(CC=C)C(CC=C)(CC=C)C(CC=C)(CC=C)C(CC=C)(CC=C)C1(CC=C)CC=C. The maximum absolute atomic E-state index is 4.29. The summed E-state index contributed by atoms with van der Waals surface area (Å²) in [6.45, 7) is 43.3. The van der Waals surface area contributed by atoms with Gasteiger partial charge >= 0.3 is 0 Å². The van der Waals surface area contributed by atoms with E-state index in [4.69, 9.17) is 0 Å². The minimum atomic E-state index is -0.307. The molecule has 0 saturated carbocycles. The minimum Gasteiger partial charge on any atom is -0.289 e. The third-order valence-corrected chi connectivity index (χ3v) is 8.99. The first kappa shape index (κ1) is 31.4. The normalized spacial score (nSPS) is 21.3. The average molecular weight is 486 g/mol. The van der Waals surface area contributed by atoms with Crippen LogP contribution in [-0.2, 0) is 0 Å². The van der Waals surface area contributed by atoms with Crippen LogP contribution in [0, 0.1) is 16.2 Å². The second-order valence-electron chi connectivity index (χ2n) is 10.3. The molecule has 0 aromatic carbocycles. The average Bonchev–Trinajstić information content (AvgIpc) is 2.84. The first-order chi connectivity index (χ1) is 17.4. The van der Waals surface area contributed by atoms with Crippen molar-refractivity contribution in [2.45, 2.75) is 69.4 Å². The van der Waals surface area contributed by atoms with E-state index < -0.39 is 0 Å². The molecule has 36 heavy (non-hydrogen) atoms. The maximum atomic E-state index is 4.29. The second kappa shape index (κ2) is 14.2. The van der Waals surface area contributed by atoms with Gasteiger partial charge in [-0.15, -0.1) is 65.8 Å². The smallest absolute Gasteiger partial charge is 0.0352 e. The molecule has 1 heterocycles. The van der Waals surface area contributed by atoms with Crippen LogP contribution < -0.4 is 0 Å². The van der Waals surface area contributed by atoms with Crippen molar-refractivity contribution in [3.63, 3.8) is 0 Å². The number of nitrogens with zero attached hydrogens (tertiary/aromatic N) is 1. The lowest BCUT2D eigenvalue weighted by Gasteiger charge is -2.77. The Hall–Kier alpha value is -2.64. The molecule has 1 unspecified atom stereocenters. The van der Waals surface area contributed by atoms with Crippen LogP contribution in [0.2, 0.25) is 0 Å². The Morgan fingerprint density at radius 2 is 0.833 bits per heavy atom. The third kappa shape index (κ3) is 4.71. The van der Waals surface area contributed by atoms with E-state index in [0.717, 1.165) is 64.3 Å². The lowest BCUT2D eigenvalue weighted by atomic mass is 9.34. The van der Waals surface area contributed by atoms with Crippen LogP contribution in [0.1, 0.15) is 57.8 Å². The number of hydrogen-bond donors (Lipinski definition) is 0. The molecule has 0 radical (unpaired) electrons. The Bertz CT molecular complexity index is 727. The first-order valence-corrected chi connectivity index (χ1v) is 13.2. The van der Waals surface area contributed by atoms with E-state index in [9.17, 15) is 0 Å². The molecule has 1 nitrogen and oxygen atoms in total. The van der Waals surface area contributed by atoms with Crippen molar-refractivity contribution in [2.75, 3.05) is 6.54 Å². The number of allylic oxidation sites excluding steroid dienone is 6. The van der Waals surface area contributed by atoms with Crippen LogP contribution in [0.25, 0.3) is 0 Å². The van der Waals surface area contributed by atoms with E-state index in [1.165, 1.54) is 0 Å². The van der Waals surface area contributed by atoms with Gasteiger partial charge in [-0.2, -0.15) is 0 Å². The summed E-state index contributed by atoms with van der Waals surface area (Å²) in [5.74, 6) is 0. The summed E-state index contributed by atoms with van der Waals surface area (Å²) in [6.07, 6.45) is 28.2. The van der Waals surface area contributed by atoms with Crippen molar-refractivity contribution in [1.82, 2.24) is 4.90 Å². The van der Waals surface area contributed by atoms with Crippen molar-refractivity contribution >= 4 is 0 Å². The first-order valence-electron chi connectivity index (χ1n) is 13.2. The fourth-order valence-electron chi connectivity index (χ4n) is 8.23. The van der Waals surface area contributed by atoms with E-state index >= 15 is 0 Å². The van der Waals surface area contributed by atoms with Gasteiger partial charge in [0.05, 0.1) is 0 Å². The van der Waals surface area contributed by atoms with E-state index in [-0.39, 0.29) is 27.8 Å². The molecule has 1 heteroatoms. The van der Waals surface area contributed by atoms with Crippen molar-refractivity contribution in [3.8, 4) is 0 Å². The van der Waals surface area contributed by atoms with Crippen LogP contribution >= 0.6 is 0 Å². The number of hydrogen-bond acceptors (Lipinski definition) is 1. The Labute approximate surface area is 223 Å². The minimum absolute atomic E-state index is 0.159. The molecule has 0 N–H and O–H groups in total. The number of rotatable bonds is 20. The molecule has 1 aliphatic heterocycles. The van der Waals surface area contributed by atoms with Crippen LogP contribution in [-0.4, -0.2) is 23.0 Å². The molecular formula is C35H51N. The molecule has 1 saturated heterocycles. The van der Waals surface area contributed by atoms with Gasteiger partial charge in [0.1, 0.15) is 0 Å². The van der Waals surface area contributed by atoms with Gasteiger partial charge in [-0.25, -0.2) is 0 Å². The summed E-state index contributed by atoms with van der Waals surface area (Å²) in [5.41, 5.74) is -1.04. The topological polar surface area (TPSA) is 3.24 Å². The maximum Gasteiger partial charge on any atom is 0.0352 e. The van der Waals surface area contributed by atoms with E-state index in [0.29, 0.717) is 0 Å². The molecule has 0 aromatic heterocycles. The Morgan fingerprint density at radius 1 is 0.444 bits per heavy atom. The predicted octanol–water partition coefficient (Wildman–Crippen LogP) is 9.74. The van der Waals surface area contributed by atoms with Crippen molar-refractivity contribution < 1.29 is 0 Å². The van der Waals surface area contributed by atoms with Gasteiger partial charge in [0.25, 0.3) is 0 Å². The summed E-state index contributed by atoms with van der Waals surface area (Å²) in [6, 6.07) is 0.159. The summed E-state index contributed by atoms with van der Waals surface area (Å²) in [4.78, 5) is 2.69. The third-order valence-electron chi connectivity index (χ3n) is 8.99. The monoisotopic (exact) mass is 485 g/mol. The molecule has 196 valence electrons. The Balaban J connectivity index is 4.66. The van der Waals surface area contributed by atoms with Gasteiger partial charge in [0.15, 0.2) is 0 Å². The van der Waals surface area contributed by atoms with Gasteiger partial charge in [0, 0.05) is 23.5 Å². The van der Waals surface area contributed by atoms with Crippen LogP contribution in [0.3, 0.4) is 0 Å². The van der Waals surface area contributed by atoms with Crippen LogP contribution in [0.5, 0.6) is 0 Å². The van der Waals surface area contributed by atoms with Crippen LogP contribution in [0.4, 0.5) is 0 Å². The predicted molar refractivity (Wildman–Crippen MR) is 164 cm³/mol. The van der Waals surface area contributed by atoms with E-state index in [1.54, 1.807) is 0 Å². The number of piperidine rings is 1. The molecule has 1 rings (SSSR count). The zero-order valence-electron chi connectivity index (χ0n) is 22.9. The Morgan fingerprint density at radius 3 is 1.17 bits per heavy atom. The fourth-order valence-corrected chi connectivity index (χ4v) is 8.23. The molecule has 0 amide bonds. The van der Waals surface area contributed by atoms with Gasteiger partial charge in [-0.05, 0) is 68.6 Å².